The van der Waals surface area contributed by atoms with Crippen LogP contribution in [0.2, 0.25) is 0 Å². The Morgan fingerprint density at radius 1 is 1.40 bits per heavy atom. The molecule has 1 aromatic carbocycles. The Labute approximate surface area is 124 Å². The first-order valence-electron chi connectivity index (χ1n) is 6.33. The lowest BCUT2D eigenvalue weighted by molar-refractivity contribution is 0.640. The zero-order valence-electron chi connectivity index (χ0n) is 10.6. The van der Waals surface area contributed by atoms with E-state index in [1.54, 1.807) is 29.2 Å². The van der Waals surface area contributed by atoms with Crippen molar-refractivity contribution >= 4 is 44.0 Å². The maximum atomic E-state index is 13.9. The number of thiophene rings is 1. The molecule has 2 aromatic rings. The predicted octanol–water partition coefficient (Wildman–Crippen LogP) is 4.31. The average Bonchev–Trinajstić information content (AvgIpc) is 3.10. The number of hydrogen-bond acceptors (Lipinski definition) is 4. The molecule has 0 unspecified atom stereocenters. The van der Waals surface area contributed by atoms with Crippen molar-refractivity contribution in [3.8, 4) is 0 Å². The van der Waals surface area contributed by atoms with Crippen molar-refractivity contribution in [3.63, 3.8) is 0 Å². The van der Waals surface area contributed by atoms with Gasteiger partial charge < -0.3 is 4.90 Å². The topological polar surface area (TPSA) is 15.6 Å². The first kappa shape index (κ1) is 12.2. The summed E-state index contributed by atoms with van der Waals surface area (Å²) in [5.41, 5.74) is 1.13. The summed E-state index contributed by atoms with van der Waals surface area (Å²) in [6.45, 7) is 5.61. The molecular formula is C15H11FN2S2. The van der Waals surface area contributed by atoms with Gasteiger partial charge in [0.1, 0.15) is 5.82 Å². The molecule has 1 aromatic heterocycles. The van der Waals surface area contributed by atoms with E-state index in [1.807, 2.05) is 18.2 Å². The molecule has 0 atom stereocenters. The summed E-state index contributed by atoms with van der Waals surface area (Å²) >= 11 is 3.27. The Kier molecular flexibility index (Phi) is 2.72. The van der Waals surface area contributed by atoms with Crippen molar-refractivity contribution < 1.29 is 4.39 Å². The molecule has 0 fully saturated rings. The summed E-state index contributed by atoms with van der Waals surface area (Å²) in [6, 6.07) is 7.17. The highest BCUT2D eigenvalue weighted by Crippen LogP contribution is 2.45. The van der Waals surface area contributed by atoms with Crippen LogP contribution in [0.4, 0.5) is 4.39 Å². The van der Waals surface area contributed by atoms with E-state index < -0.39 is 0 Å². The maximum Gasteiger partial charge on any atom is 0.168 e. The zero-order chi connectivity index (χ0) is 13.7. The predicted molar refractivity (Wildman–Crippen MR) is 85.5 cm³/mol. The highest BCUT2D eigenvalue weighted by atomic mass is 32.2. The van der Waals surface area contributed by atoms with Crippen LogP contribution in [0.1, 0.15) is 4.88 Å². The zero-order valence-corrected chi connectivity index (χ0v) is 12.2. The van der Waals surface area contributed by atoms with Gasteiger partial charge in [-0.2, -0.15) is 0 Å². The highest BCUT2D eigenvalue weighted by molar-refractivity contribution is 8.17. The number of aliphatic imine (C=N–C) groups is 1. The molecule has 0 amide bonds. The van der Waals surface area contributed by atoms with E-state index in [1.165, 1.54) is 6.07 Å². The van der Waals surface area contributed by atoms with Gasteiger partial charge in [-0.25, -0.2) is 4.39 Å². The molecule has 0 radical (unpaired) electrons. The number of fused-ring (bicyclic) bond motifs is 2. The van der Waals surface area contributed by atoms with Gasteiger partial charge in [0.25, 0.3) is 0 Å². The Balaban J connectivity index is 1.91. The number of halogens is 1. The third-order valence-electron chi connectivity index (χ3n) is 3.43. The number of rotatable bonds is 2. The third-order valence-corrected chi connectivity index (χ3v) is 5.65. The molecular weight excluding hydrogens is 291 g/mol. The molecule has 0 bridgehead atoms. The SMILES string of the molecule is C=CC1=C(c2cc3c(F)cccc3s2)N2CCN=C2S1. The number of benzene rings is 1. The van der Waals surface area contributed by atoms with Crippen LogP contribution in [0.15, 0.2) is 46.8 Å². The lowest BCUT2D eigenvalue weighted by Crippen LogP contribution is -2.19. The van der Waals surface area contributed by atoms with E-state index in [-0.39, 0.29) is 5.82 Å². The summed E-state index contributed by atoms with van der Waals surface area (Å²) < 4.78 is 14.8. The summed E-state index contributed by atoms with van der Waals surface area (Å²) in [6.07, 6.45) is 1.86. The minimum atomic E-state index is -0.160. The van der Waals surface area contributed by atoms with Gasteiger partial charge in [0.05, 0.1) is 17.1 Å². The van der Waals surface area contributed by atoms with E-state index in [0.29, 0.717) is 5.39 Å². The summed E-state index contributed by atoms with van der Waals surface area (Å²) in [4.78, 5) is 8.89. The second-order valence-corrected chi connectivity index (χ2v) is 6.69. The molecule has 0 aliphatic carbocycles. The van der Waals surface area contributed by atoms with Crippen molar-refractivity contribution in [2.24, 2.45) is 4.99 Å². The number of allylic oxidation sites excluding steroid dienone is 1. The molecule has 0 N–H and O–H groups in total. The summed E-state index contributed by atoms with van der Waals surface area (Å²) in [5, 5.41) is 1.73. The number of nitrogens with zero attached hydrogens (tertiary/aromatic N) is 2. The average molecular weight is 302 g/mol. The number of hydrogen-bond donors (Lipinski definition) is 0. The van der Waals surface area contributed by atoms with Crippen LogP contribution < -0.4 is 0 Å². The normalized spacial score (nSPS) is 17.9. The molecule has 2 aliphatic rings. The fourth-order valence-corrected chi connectivity index (χ4v) is 4.79. The highest BCUT2D eigenvalue weighted by Gasteiger charge is 2.32. The maximum absolute atomic E-state index is 13.9. The first-order valence-corrected chi connectivity index (χ1v) is 7.96. The molecule has 0 saturated heterocycles. The van der Waals surface area contributed by atoms with Crippen LogP contribution in [0.5, 0.6) is 0 Å². The Hall–Kier alpha value is -1.59. The van der Waals surface area contributed by atoms with Crippen LogP contribution in [-0.2, 0) is 0 Å². The summed E-state index contributed by atoms with van der Waals surface area (Å²) in [5.74, 6) is -0.160. The van der Waals surface area contributed by atoms with Crippen molar-refractivity contribution in [1.82, 2.24) is 4.90 Å². The van der Waals surface area contributed by atoms with Crippen LogP contribution in [-0.4, -0.2) is 23.2 Å². The monoisotopic (exact) mass is 302 g/mol. The number of amidine groups is 1. The molecule has 2 nitrogen and oxygen atoms in total. The van der Waals surface area contributed by atoms with Crippen molar-refractivity contribution in [2.45, 2.75) is 0 Å². The Bertz CT molecular complexity index is 788. The lowest BCUT2D eigenvalue weighted by atomic mass is 10.2. The van der Waals surface area contributed by atoms with E-state index in [9.17, 15) is 4.39 Å². The fourth-order valence-electron chi connectivity index (χ4n) is 2.54. The molecule has 5 heteroatoms. The molecule has 3 heterocycles. The standard InChI is InChI=1S/C15H11FN2S2/c1-2-11-14(18-7-6-17-15(18)20-11)13-8-9-10(16)4-3-5-12(9)19-13/h2-5,8H,1,6-7H2. The van der Waals surface area contributed by atoms with Crippen molar-refractivity contribution in [3.05, 3.63) is 52.5 Å². The van der Waals surface area contributed by atoms with Gasteiger partial charge in [0.2, 0.25) is 0 Å². The minimum absolute atomic E-state index is 0.160. The van der Waals surface area contributed by atoms with E-state index in [4.69, 9.17) is 0 Å². The van der Waals surface area contributed by atoms with Gasteiger partial charge in [0.15, 0.2) is 5.17 Å². The Morgan fingerprint density at radius 2 is 2.30 bits per heavy atom. The number of thioether (sulfide) groups is 1. The summed E-state index contributed by atoms with van der Waals surface area (Å²) in [7, 11) is 0. The van der Waals surface area contributed by atoms with E-state index in [0.717, 1.165) is 38.4 Å². The van der Waals surface area contributed by atoms with Crippen LogP contribution in [0, 0.1) is 5.82 Å². The Morgan fingerprint density at radius 3 is 3.10 bits per heavy atom. The molecule has 0 spiro atoms. The minimum Gasteiger partial charge on any atom is -0.317 e. The fraction of sp³-hybridized carbons (Fsp3) is 0.133. The first-order chi connectivity index (χ1) is 9.78. The van der Waals surface area contributed by atoms with Gasteiger partial charge in [-0.1, -0.05) is 18.7 Å². The van der Waals surface area contributed by atoms with Crippen molar-refractivity contribution in [2.75, 3.05) is 13.1 Å². The van der Waals surface area contributed by atoms with Gasteiger partial charge in [-0.3, -0.25) is 4.99 Å². The van der Waals surface area contributed by atoms with Crippen LogP contribution >= 0.6 is 23.1 Å². The second kappa shape index (κ2) is 4.46. The molecule has 4 rings (SSSR count). The molecule has 2 aliphatic heterocycles. The van der Waals surface area contributed by atoms with Crippen molar-refractivity contribution in [1.29, 1.82) is 0 Å². The lowest BCUT2D eigenvalue weighted by Gasteiger charge is -2.15. The third kappa shape index (κ3) is 1.66. The van der Waals surface area contributed by atoms with Gasteiger partial charge in [0, 0.05) is 21.5 Å². The largest absolute Gasteiger partial charge is 0.317 e. The van der Waals surface area contributed by atoms with E-state index in [2.05, 4.69) is 16.5 Å². The quantitative estimate of drug-likeness (QED) is 0.821. The smallest absolute Gasteiger partial charge is 0.168 e. The van der Waals surface area contributed by atoms with Crippen LogP contribution in [0.3, 0.4) is 0 Å². The van der Waals surface area contributed by atoms with Crippen LogP contribution in [0.25, 0.3) is 15.8 Å². The molecule has 0 saturated carbocycles. The molecule has 100 valence electrons. The van der Waals surface area contributed by atoms with Gasteiger partial charge >= 0.3 is 0 Å². The van der Waals surface area contributed by atoms with E-state index >= 15 is 0 Å². The molecule has 20 heavy (non-hydrogen) atoms. The second-order valence-electron chi connectivity index (χ2n) is 4.60. The van der Waals surface area contributed by atoms with Gasteiger partial charge in [-0.15, -0.1) is 11.3 Å². The van der Waals surface area contributed by atoms with Gasteiger partial charge in [-0.05, 0) is 30.0 Å².